The van der Waals surface area contributed by atoms with Gasteiger partial charge in [0, 0.05) is 30.8 Å². The first-order valence-electron chi connectivity index (χ1n) is 4.32. The van der Waals surface area contributed by atoms with Crippen LogP contribution in [0.1, 0.15) is 5.56 Å². The molecule has 0 aliphatic carbocycles. The Balaban J connectivity index is 2.91. The molecule has 0 unspecified atom stereocenters. The van der Waals surface area contributed by atoms with Crippen LogP contribution < -0.4 is 10.6 Å². The minimum absolute atomic E-state index is 0.655. The third-order valence-corrected chi connectivity index (χ3v) is 2.28. The smallest absolute Gasteiger partial charge is 0.0426 e. The summed E-state index contributed by atoms with van der Waals surface area (Å²) in [6.07, 6.45) is 0. The normalized spacial score (nSPS) is 10.2. The Morgan fingerprint density at radius 2 is 2.15 bits per heavy atom. The summed E-state index contributed by atoms with van der Waals surface area (Å²) in [5, 5.41) is 0.768. The van der Waals surface area contributed by atoms with Crippen LogP contribution in [0.25, 0.3) is 0 Å². The number of aryl methyl sites for hydroxylation is 1. The lowest BCUT2D eigenvalue weighted by molar-refractivity contribution is 0.882. The lowest BCUT2D eigenvalue weighted by atomic mass is 10.2. The van der Waals surface area contributed by atoms with Gasteiger partial charge in [0.05, 0.1) is 0 Å². The van der Waals surface area contributed by atoms with Gasteiger partial charge in [-0.3, -0.25) is 0 Å². The summed E-state index contributed by atoms with van der Waals surface area (Å²) in [5.41, 5.74) is 7.85. The fraction of sp³-hybridized carbons (Fsp3) is 0.400. The molecule has 0 aromatic heterocycles. The SMILES string of the molecule is Cc1ccc(Cl)cc1N(C)CCN. The molecule has 13 heavy (non-hydrogen) atoms. The minimum Gasteiger partial charge on any atom is -0.373 e. The molecule has 0 fully saturated rings. The summed E-state index contributed by atoms with van der Waals surface area (Å²) in [4.78, 5) is 2.11. The first-order chi connectivity index (χ1) is 6.15. The number of benzene rings is 1. The molecule has 0 aliphatic heterocycles. The Hall–Kier alpha value is -0.730. The molecule has 0 bridgehead atoms. The molecule has 72 valence electrons. The van der Waals surface area contributed by atoms with Crippen LogP contribution in [-0.2, 0) is 0 Å². The van der Waals surface area contributed by atoms with Crippen LogP contribution in [0.15, 0.2) is 18.2 Å². The van der Waals surface area contributed by atoms with E-state index in [0.29, 0.717) is 6.54 Å². The maximum Gasteiger partial charge on any atom is 0.0426 e. The fourth-order valence-electron chi connectivity index (χ4n) is 1.31. The van der Waals surface area contributed by atoms with Crippen LogP contribution in [-0.4, -0.2) is 20.1 Å². The highest BCUT2D eigenvalue weighted by Crippen LogP contribution is 2.22. The van der Waals surface area contributed by atoms with Gasteiger partial charge in [-0.05, 0) is 24.6 Å². The number of halogens is 1. The number of nitrogens with zero attached hydrogens (tertiary/aromatic N) is 1. The van der Waals surface area contributed by atoms with Crippen LogP contribution in [0.3, 0.4) is 0 Å². The summed E-state index contributed by atoms with van der Waals surface area (Å²) in [5.74, 6) is 0. The van der Waals surface area contributed by atoms with E-state index < -0.39 is 0 Å². The molecule has 0 radical (unpaired) electrons. The average Bonchev–Trinajstić information content (AvgIpc) is 2.09. The summed E-state index contributed by atoms with van der Waals surface area (Å²) in [6, 6.07) is 5.88. The molecule has 0 aliphatic rings. The lowest BCUT2D eigenvalue weighted by Gasteiger charge is -2.20. The van der Waals surface area contributed by atoms with Gasteiger partial charge < -0.3 is 10.6 Å². The van der Waals surface area contributed by atoms with Gasteiger partial charge in [0.15, 0.2) is 0 Å². The molecular weight excluding hydrogens is 184 g/mol. The molecule has 1 rings (SSSR count). The van der Waals surface area contributed by atoms with Crippen molar-refractivity contribution < 1.29 is 0 Å². The quantitative estimate of drug-likeness (QED) is 0.806. The minimum atomic E-state index is 0.655. The highest BCUT2D eigenvalue weighted by molar-refractivity contribution is 6.30. The van der Waals surface area contributed by atoms with Crippen molar-refractivity contribution in [3.63, 3.8) is 0 Å². The highest BCUT2D eigenvalue weighted by Gasteiger charge is 2.03. The number of rotatable bonds is 3. The zero-order valence-electron chi connectivity index (χ0n) is 8.05. The van der Waals surface area contributed by atoms with E-state index in [0.717, 1.165) is 17.3 Å². The molecule has 1 aromatic rings. The summed E-state index contributed by atoms with van der Waals surface area (Å²) in [7, 11) is 2.02. The van der Waals surface area contributed by atoms with Crippen LogP contribution in [0.4, 0.5) is 5.69 Å². The Labute approximate surface area is 84.3 Å². The van der Waals surface area contributed by atoms with Crippen molar-refractivity contribution in [1.29, 1.82) is 0 Å². The van der Waals surface area contributed by atoms with Gasteiger partial charge >= 0.3 is 0 Å². The van der Waals surface area contributed by atoms with Crippen LogP contribution in [0.2, 0.25) is 5.02 Å². The Kier molecular flexibility index (Phi) is 3.58. The van der Waals surface area contributed by atoms with Crippen LogP contribution >= 0.6 is 11.6 Å². The fourth-order valence-corrected chi connectivity index (χ4v) is 1.47. The zero-order chi connectivity index (χ0) is 9.84. The van der Waals surface area contributed by atoms with Gasteiger partial charge in [0.2, 0.25) is 0 Å². The predicted molar refractivity (Wildman–Crippen MR) is 58.5 cm³/mol. The number of hydrogen-bond acceptors (Lipinski definition) is 2. The molecule has 2 nitrogen and oxygen atoms in total. The van der Waals surface area contributed by atoms with E-state index in [-0.39, 0.29) is 0 Å². The third-order valence-electron chi connectivity index (χ3n) is 2.05. The molecule has 1 aromatic carbocycles. The monoisotopic (exact) mass is 198 g/mol. The van der Waals surface area contributed by atoms with Crippen molar-refractivity contribution >= 4 is 17.3 Å². The first-order valence-corrected chi connectivity index (χ1v) is 4.70. The van der Waals surface area contributed by atoms with Crippen molar-refractivity contribution in [2.24, 2.45) is 5.73 Å². The summed E-state index contributed by atoms with van der Waals surface area (Å²) < 4.78 is 0. The van der Waals surface area contributed by atoms with Gasteiger partial charge in [0.1, 0.15) is 0 Å². The first kappa shape index (κ1) is 10.4. The predicted octanol–water partition coefficient (Wildman–Crippen LogP) is 2.04. The molecule has 0 heterocycles. The lowest BCUT2D eigenvalue weighted by Crippen LogP contribution is -2.25. The average molecular weight is 199 g/mol. The second kappa shape index (κ2) is 4.49. The molecule has 0 spiro atoms. The number of likely N-dealkylation sites (N-methyl/N-ethyl adjacent to an activating group) is 1. The molecule has 0 amide bonds. The van der Waals surface area contributed by atoms with Gasteiger partial charge in [-0.15, -0.1) is 0 Å². The maximum absolute atomic E-state index is 5.90. The molecule has 0 atom stereocenters. The largest absolute Gasteiger partial charge is 0.373 e. The van der Waals surface area contributed by atoms with Crippen LogP contribution in [0, 0.1) is 6.92 Å². The van der Waals surface area contributed by atoms with Crippen molar-refractivity contribution in [1.82, 2.24) is 0 Å². The van der Waals surface area contributed by atoms with E-state index in [1.54, 1.807) is 0 Å². The molecular formula is C10H15ClN2. The van der Waals surface area contributed by atoms with Crippen molar-refractivity contribution in [3.8, 4) is 0 Å². The summed E-state index contributed by atoms with van der Waals surface area (Å²) >= 11 is 5.90. The molecule has 0 saturated heterocycles. The number of nitrogens with two attached hydrogens (primary N) is 1. The Morgan fingerprint density at radius 1 is 1.46 bits per heavy atom. The highest BCUT2D eigenvalue weighted by atomic mass is 35.5. The summed E-state index contributed by atoms with van der Waals surface area (Å²) in [6.45, 7) is 3.57. The number of anilines is 1. The van der Waals surface area contributed by atoms with Gasteiger partial charge in [-0.25, -0.2) is 0 Å². The third kappa shape index (κ3) is 2.61. The Bertz CT molecular complexity index is 286. The maximum atomic E-state index is 5.90. The van der Waals surface area contributed by atoms with E-state index in [1.807, 2.05) is 25.2 Å². The topological polar surface area (TPSA) is 29.3 Å². The van der Waals surface area contributed by atoms with Crippen LogP contribution in [0.5, 0.6) is 0 Å². The van der Waals surface area contributed by atoms with E-state index >= 15 is 0 Å². The Morgan fingerprint density at radius 3 is 2.77 bits per heavy atom. The van der Waals surface area contributed by atoms with Crippen molar-refractivity contribution in [3.05, 3.63) is 28.8 Å². The standard InChI is InChI=1S/C10H15ClN2/c1-8-3-4-9(11)7-10(8)13(2)6-5-12/h3-4,7H,5-6,12H2,1-2H3. The zero-order valence-corrected chi connectivity index (χ0v) is 8.80. The van der Waals surface area contributed by atoms with Gasteiger partial charge in [-0.2, -0.15) is 0 Å². The van der Waals surface area contributed by atoms with Crippen molar-refractivity contribution in [2.45, 2.75) is 6.92 Å². The molecule has 3 heteroatoms. The second-order valence-electron chi connectivity index (χ2n) is 3.14. The van der Waals surface area contributed by atoms with E-state index in [9.17, 15) is 0 Å². The number of hydrogen-bond donors (Lipinski definition) is 1. The van der Waals surface area contributed by atoms with Crippen molar-refractivity contribution in [2.75, 3.05) is 25.0 Å². The van der Waals surface area contributed by atoms with E-state index in [1.165, 1.54) is 5.56 Å². The molecule has 0 saturated carbocycles. The molecule has 2 N–H and O–H groups in total. The second-order valence-corrected chi connectivity index (χ2v) is 3.58. The van der Waals surface area contributed by atoms with Gasteiger partial charge in [-0.1, -0.05) is 17.7 Å². The van der Waals surface area contributed by atoms with E-state index in [2.05, 4.69) is 11.8 Å². The van der Waals surface area contributed by atoms with E-state index in [4.69, 9.17) is 17.3 Å². The van der Waals surface area contributed by atoms with Gasteiger partial charge in [0.25, 0.3) is 0 Å².